The molecule has 1 rings (SSSR count). The molecule has 1 aromatic rings. The molecule has 1 aromatic carbocycles. The number of unbranched alkanes of at least 4 members (excludes halogenated alkanes) is 1. The van der Waals surface area contributed by atoms with Gasteiger partial charge in [-0.05, 0) is 24.1 Å². The third-order valence-electron chi connectivity index (χ3n) is 2.27. The van der Waals surface area contributed by atoms with Crippen molar-refractivity contribution in [2.75, 3.05) is 5.73 Å². The van der Waals surface area contributed by atoms with Crippen molar-refractivity contribution in [3.8, 4) is 5.75 Å². The zero-order chi connectivity index (χ0) is 10.6. The highest BCUT2D eigenvalue weighted by Crippen LogP contribution is 2.26. The third kappa shape index (κ3) is 2.64. The monoisotopic (exact) mass is 195 g/mol. The van der Waals surface area contributed by atoms with Gasteiger partial charge in [-0.2, -0.15) is 0 Å². The van der Waals surface area contributed by atoms with Gasteiger partial charge < -0.3 is 15.9 Å². The third-order valence-corrected chi connectivity index (χ3v) is 2.27. The Morgan fingerprint density at radius 2 is 2.14 bits per heavy atom. The second-order valence-electron chi connectivity index (χ2n) is 3.48. The molecular weight excluding hydrogens is 178 g/mol. The zero-order valence-corrected chi connectivity index (χ0v) is 8.40. The highest BCUT2D eigenvalue weighted by molar-refractivity contribution is 5.53. The number of nitrogens with two attached hydrogens (primary N) is 1. The van der Waals surface area contributed by atoms with Crippen LogP contribution >= 0.6 is 0 Å². The Labute approximate surface area is 84.2 Å². The first-order valence-electron chi connectivity index (χ1n) is 4.91. The van der Waals surface area contributed by atoms with E-state index in [1.165, 1.54) is 6.07 Å². The molecule has 0 radical (unpaired) electrons. The van der Waals surface area contributed by atoms with Gasteiger partial charge in [0, 0.05) is 0 Å². The van der Waals surface area contributed by atoms with Crippen LogP contribution in [0.1, 0.15) is 37.9 Å². The molecule has 0 aliphatic rings. The van der Waals surface area contributed by atoms with Gasteiger partial charge in [-0.15, -0.1) is 0 Å². The lowest BCUT2D eigenvalue weighted by molar-refractivity contribution is 0.164. The van der Waals surface area contributed by atoms with Gasteiger partial charge in [0.05, 0.1) is 11.8 Å². The van der Waals surface area contributed by atoms with Crippen LogP contribution in [0.5, 0.6) is 5.75 Å². The Kier molecular flexibility index (Phi) is 3.77. The molecule has 0 saturated heterocycles. The topological polar surface area (TPSA) is 66.5 Å². The molecule has 1 atom stereocenters. The lowest BCUT2D eigenvalue weighted by Gasteiger charge is -2.11. The smallest absolute Gasteiger partial charge is 0.138 e. The Balaban J connectivity index is 2.70. The molecule has 4 N–H and O–H groups in total. The number of hydrogen-bond donors (Lipinski definition) is 3. The van der Waals surface area contributed by atoms with Crippen molar-refractivity contribution in [2.45, 2.75) is 32.3 Å². The van der Waals surface area contributed by atoms with E-state index in [1.807, 2.05) is 0 Å². The SMILES string of the molecule is CCCCC(O)c1ccc(N)c(O)c1. The summed E-state index contributed by atoms with van der Waals surface area (Å²) >= 11 is 0. The van der Waals surface area contributed by atoms with Crippen LogP contribution < -0.4 is 5.73 Å². The Morgan fingerprint density at radius 3 is 2.71 bits per heavy atom. The van der Waals surface area contributed by atoms with Crippen molar-refractivity contribution >= 4 is 5.69 Å². The van der Waals surface area contributed by atoms with E-state index in [1.54, 1.807) is 12.1 Å². The van der Waals surface area contributed by atoms with E-state index >= 15 is 0 Å². The molecule has 0 heterocycles. The maximum atomic E-state index is 9.72. The molecule has 0 aliphatic carbocycles. The predicted octanol–water partition coefficient (Wildman–Crippen LogP) is 2.20. The number of phenolic OH excluding ortho intramolecular Hbond substituents is 1. The predicted molar refractivity (Wildman–Crippen MR) is 57.0 cm³/mol. The fourth-order valence-corrected chi connectivity index (χ4v) is 1.33. The van der Waals surface area contributed by atoms with Gasteiger partial charge in [0.2, 0.25) is 0 Å². The number of anilines is 1. The number of phenols is 1. The average molecular weight is 195 g/mol. The Hall–Kier alpha value is -1.22. The van der Waals surface area contributed by atoms with Crippen LogP contribution in [0.4, 0.5) is 5.69 Å². The number of benzene rings is 1. The molecule has 0 fully saturated rings. The van der Waals surface area contributed by atoms with E-state index < -0.39 is 6.10 Å². The summed E-state index contributed by atoms with van der Waals surface area (Å²) in [7, 11) is 0. The first kappa shape index (κ1) is 10.9. The normalized spacial score (nSPS) is 12.7. The van der Waals surface area contributed by atoms with Crippen LogP contribution in [0.25, 0.3) is 0 Å². The van der Waals surface area contributed by atoms with Crippen molar-refractivity contribution in [2.24, 2.45) is 0 Å². The minimum absolute atomic E-state index is 0.0399. The summed E-state index contributed by atoms with van der Waals surface area (Å²) in [5.41, 5.74) is 6.53. The van der Waals surface area contributed by atoms with E-state index in [0.717, 1.165) is 24.8 Å². The van der Waals surface area contributed by atoms with Crippen molar-refractivity contribution in [1.82, 2.24) is 0 Å². The fourth-order valence-electron chi connectivity index (χ4n) is 1.33. The van der Waals surface area contributed by atoms with Gasteiger partial charge >= 0.3 is 0 Å². The molecule has 3 nitrogen and oxygen atoms in total. The number of nitrogen functional groups attached to an aromatic ring is 1. The van der Waals surface area contributed by atoms with E-state index in [0.29, 0.717) is 5.69 Å². The minimum atomic E-state index is -0.499. The maximum Gasteiger partial charge on any atom is 0.138 e. The lowest BCUT2D eigenvalue weighted by atomic mass is 10.0. The van der Waals surface area contributed by atoms with Gasteiger partial charge in [0.1, 0.15) is 5.75 Å². The number of aromatic hydroxyl groups is 1. The standard InChI is InChI=1S/C11H17NO2/c1-2-3-4-10(13)8-5-6-9(12)11(14)7-8/h5-7,10,13-14H,2-4,12H2,1H3. The van der Waals surface area contributed by atoms with Gasteiger partial charge in [-0.1, -0.05) is 25.8 Å². The van der Waals surface area contributed by atoms with Gasteiger partial charge in [-0.25, -0.2) is 0 Å². The van der Waals surface area contributed by atoms with Crippen molar-refractivity contribution in [3.63, 3.8) is 0 Å². The fraction of sp³-hybridized carbons (Fsp3) is 0.455. The summed E-state index contributed by atoms with van der Waals surface area (Å²) in [5, 5.41) is 19.1. The van der Waals surface area contributed by atoms with Crippen molar-refractivity contribution < 1.29 is 10.2 Å². The number of rotatable bonds is 4. The van der Waals surface area contributed by atoms with E-state index in [9.17, 15) is 10.2 Å². The zero-order valence-electron chi connectivity index (χ0n) is 8.40. The number of aliphatic hydroxyl groups excluding tert-OH is 1. The summed E-state index contributed by atoms with van der Waals surface area (Å²) in [6.07, 6.45) is 2.26. The molecule has 0 aliphatic heterocycles. The maximum absolute atomic E-state index is 9.72. The quantitative estimate of drug-likeness (QED) is 0.509. The highest BCUT2D eigenvalue weighted by Gasteiger charge is 2.08. The second-order valence-corrected chi connectivity index (χ2v) is 3.48. The van der Waals surface area contributed by atoms with Crippen LogP contribution in [0.2, 0.25) is 0 Å². The summed E-state index contributed by atoms with van der Waals surface area (Å²) in [4.78, 5) is 0. The molecular formula is C11H17NO2. The minimum Gasteiger partial charge on any atom is -0.506 e. The van der Waals surface area contributed by atoms with E-state index in [4.69, 9.17) is 5.73 Å². The van der Waals surface area contributed by atoms with Crippen molar-refractivity contribution in [1.29, 1.82) is 0 Å². The molecule has 0 aromatic heterocycles. The summed E-state index contributed by atoms with van der Waals surface area (Å²) in [5.74, 6) is 0.0399. The van der Waals surface area contributed by atoms with Crippen molar-refractivity contribution in [3.05, 3.63) is 23.8 Å². The van der Waals surface area contributed by atoms with Crippen LogP contribution in [-0.4, -0.2) is 10.2 Å². The first-order chi connectivity index (χ1) is 6.65. The van der Waals surface area contributed by atoms with Crippen LogP contribution in [0.15, 0.2) is 18.2 Å². The Morgan fingerprint density at radius 1 is 1.43 bits per heavy atom. The highest BCUT2D eigenvalue weighted by atomic mass is 16.3. The molecule has 78 valence electrons. The summed E-state index contributed by atoms with van der Waals surface area (Å²) in [6.45, 7) is 2.08. The van der Waals surface area contributed by atoms with Gasteiger partial charge in [-0.3, -0.25) is 0 Å². The summed E-state index contributed by atoms with van der Waals surface area (Å²) in [6, 6.07) is 4.88. The second kappa shape index (κ2) is 4.86. The average Bonchev–Trinajstić information content (AvgIpc) is 2.18. The molecule has 0 amide bonds. The van der Waals surface area contributed by atoms with E-state index in [-0.39, 0.29) is 5.75 Å². The van der Waals surface area contributed by atoms with Crippen LogP contribution in [-0.2, 0) is 0 Å². The van der Waals surface area contributed by atoms with Crippen LogP contribution in [0, 0.1) is 0 Å². The first-order valence-corrected chi connectivity index (χ1v) is 4.91. The van der Waals surface area contributed by atoms with E-state index in [2.05, 4.69) is 6.92 Å². The molecule has 14 heavy (non-hydrogen) atoms. The lowest BCUT2D eigenvalue weighted by Crippen LogP contribution is -1.97. The summed E-state index contributed by atoms with van der Waals surface area (Å²) < 4.78 is 0. The molecule has 0 bridgehead atoms. The largest absolute Gasteiger partial charge is 0.506 e. The molecule has 1 unspecified atom stereocenters. The Bertz CT molecular complexity index is 299. The molecule has 0 saturated carbocycles. The van der Waals surface area contributed by atoms with Crippen LogP contribution in [0.3, 0.4) is 0 Å². The molecule has 3 heteroatoms. The number of aliphatic hydroxyl groups is 1. The number of hydrogen-bond acceptors (Lipinski definition) is 3. The van der Waals surface area contributed by atoms with Gasteiger partial charge in [0.15, 0.2) is 0 Å². The van der Waals surface area contributed by atoms with Gasteiger partial charge in [0.25, 0.3) is 0 Å². The molecule has 0 spiro atoms.